The van der Waals surface area contributed by atoms with Gasteiger partial charge in [-0.25, -0.2) is 0 Å². The Hall–Kier alpha value is -2.06. The van der Waals surface area contributed by atoms with E-state index in [0.717, 1.165) is 16.7 Å². The zero-order chi connectivity index (χ0) is 12.6. The first-order valence-corrected chi connectivity index (χ1v) is 5.95. The molecule has 0 saturated carbocycles. The van der Waals surface area contributed by atoms with Crippen molar-refractivity contribution < 1.29 is 9.84 Å². The first kappa shape index (κ1) is 11.1. The van der Waals surface area contributed by atoms with Crippen molar-refractivity contribution >= 4 is 6.08 Å². The van der Waals surface area contributed by atoms with Crippen LogP contribution >= 0.6 is 0 Å². The topological polar surface area (TPSA) is 29.5 Å². The molecular weight excluding hydrogens is 224 g/mol. The molecule has 1 unspecified atom stereocenters. The number of aliphatic hydroxyl groups is 1. The maximum Gasteiger partial charge on any atom is 0.261 e. The average Bonchev–Trinajstić information content (AvgIpc) is 2.39. The van der Waals surface area contributed by atoms with Crippen LogP contribution in [0.1, 0.15) is 23.6 Å². The van der Waals surface area contributed by atoms with Gasteiger partial charge in [0.2, 0.25) is 0 Å². The fourth-order valence-corrected chi connectivity index (χ4v) is 2.35. The van der Waals surface area contributed by atoms with Crippen LogP contribution in [0, 0.1) is 0 Å². The summed E-state index contributed by atoms with van der Waals surface area (Å²) in [5.74, 6) is -0.684. The third-order valence-corrected chi connectivity index (χ3v) is 3.16. The van der Waals surface area contributed by atoms with E-state index in [0.29, 0.717) is 5.76 Å². The normalized spacial score (nSPS) is 21.8. The molecule has 18 heavy (non-hydrogen) atoms. The van der Waals surface area contributed by atoms with Crippen LogP contribution in [0.2, 0.25) is 0 Å². The van der Waals surface area contributed by atoms with Gasteiger partial charge in [0.25, 0.3) is 5.79 Å². The first-order chi connectivity index (χ1) is 8.70. The quantitative estimate of drug-likeness (QED) is 0.826. The predicted octanol–water partition coefficient (Wildman–Crippen LogP) is 3.27. The van der Waals surface area contributed by atoms with E-state index >= 15 is 0 Å². The van der Waals surface area contributed by atoms with E-state index in [-0.39, 0.29) is 0 Å². The summed E-state index contributed by atoms with van der Waals surface area (Å²) in [6.45, 7) is 1.85. The van der Waals surface area contributed by atoms with Gasteiger partial charge < -0.3 is 9.84 Å². The van der Waals surface area contributed by atoms with E-state index in [4.69, 9.17) is 4.74 Å². The Balaban J connectivity index is 2.22. The van der Waals surface area contributed by atoms with Gasteiger partial charge in [0, 0.05) is 11.1 Å². The molecule has 1 heterocycles. The van der Waals surface area contributed by atoms with Gasteiger partial charge in [-0.05, 0) is 18.6 Å². The van der Waals surface area contributed by atoms with Crippen LogP contribution in [0.5, 0.6) is 0 Å². The lowest BCUT2D eigenvalue weighted by atomic mass is 9.91. The summed E-state index contributed by atoms with van der Waals surface area (Å²) >= 11 is 0. The fourth-order valence-electron chi connectivity index (χ4n) is 2.35. The monoisotopic (exact) mass is 238 g/mol. The maximum absolute atomic E-state index is 10.9. The van der Waals surface area contributed by atoms with Crippen LogP contribution in [-0.4, -0.2) is 5.11 Å². The minimum absolute atomic E-state index is 0.708. The van der Waals surface area contributed by atoms with E-state index < -0.39 is 5.79 Å². The number of hydrogen-bond acceptors (Lipinski definition) is 2. The molecule has 2 nitrogen and oxygen atoms in total. The molecule has 1 atom stereocenters. The molecule has 1 N–H and O–H groups in total. The Morgan fingerprint density at radius 1 is 0.944 bits per heavy atom. The Morgan fingerprint density at radius 2 is 1.61 bits per heavy atom. The maximum atomic E-state index is 10.9. The highest BCUT2D eigenvalue weighted by atomic mass is 16.6. The summed E-state index contributed by atoms with van der Waals surface area (Å²) in [7, 11) is 0. The van der Waals surface area contributed by atoms with Crippen molar-refractivity contribution in [1.29, 1.82) is 0 Å². The lowest BCUT2D eigenvalue weighted by molar-refractivity contribution is -0.152. The molecule has 1 aliphatic heterocycles. The second kappa shape index (κ2) is 4.00. The minimum atomic E-state index is -1.39. The van der Waals surface area contributed by atoms with Crippen molar-refractivity contribution in [2.45, 2.75) is 12.7 Å². The molecule has 0 bridgehead atoms. The molecule has 0 spiro atoms. The number of benzene rings is 2. The lowest BCUT2D eigenvalue weighted by Gasteiger charge is -2.34. The SMILES string of the molecule is CC1=Cc2ccccc2C(O)(c2ccccc2)O1. The largest absolute Gasteiger partial charge is 0.458 e. The lowest BCUT2D eigenvalue weighted by Crippen LogP contribution is -2.33. The van der Waals surface area contributed by atoms with E-state index in [1.165, 1.54) is 0 Å². The summed E-state index contributed by atoms with van der Waals surface area (Å²) in [6.07, 6.45) is 1.94. The van der Waals surface area contributed by atoms with Gasteiger partial charge in [-0.2, -0.15) is 0 Å². The fraction of sp³-hybridized carbons (Fsp3) is 0.125. The molecule has 0 fully saturated rings. The highest BCUT2D eigenvalue weighted by Gasteiger charge is 2.38. The molecule has 0 radical (unpaired) electrons. The van der Waals surface area contributed by atoms with Gasteiger partial charge in [0.1, 0.15) is 0 Å². The molecule has 2 aromatic carbocycles. The standard InChI is InChI=1S/C16H14O2/c1-12-11-13-7-5-6-10-15(13)16(17,18-12)14-8-3-2-4-9-14/h2-11,17H,1H3. The van der Waals surface area contributed by atoms with E-state index in [1.807, 2.05) is 67.6 Å². The van der Waals surface area contributed by atoms with Crippen molar-refractivity contribution in [3.8, 4) is 0 Å². The molecule has 1 aliphatic rings. The summed E-state index contributed by atoms with van der Waals surface area (Å²) in [6, 6.07) is 17.2. The van der Waals surface area contributed by atoms with Gasteiger partial charge >= 0.3 is 0 Å². The van der Waals surface area contributed by atoms with Crippen molar-refractivity contribution in [2.24, 2.45) is 0 Å². The molecule has 0 aliphatic carbocycles. The molecular formula is C16H14O2. The third kappa shape index (κ3) is 1.62. The number of fused-ring (bicyclic) bond motifs is 1. The molecule has 2 aromatic rings. The molecule has 0 amide bonds. The third-order valence-electron chi connectivity index (χ3n) is 3.16. The van der Waals surface area contributed by atoms with Crippen LogP contribution < -0.4 is 0 Å². The summed E-state index contributed by atoms with van der Waals surface area (Å²) in [4.78, 5) is 0. The van der Waals surface area contributed by atoms with Gasteiger partial charge in [-0.15, -0.1) is 0 Å². The molecule has 0 aromatic heterocycles. The summed E-state index contributed by atoms with van der Waals surface area (Å²) < 4.78 is 5.70. The van der Waals surface area contributed by atoms with Crippen molar-refractivity contribution in [3.63, 3.8) is 0 Å². The second-order valence-corrected chi connectivity index (χ2v) is 4.45. The van der Waals surface area contributed by atoms with Gasteiger partial charge in [-0.1, -0.05) is 54.6 Å². The smallest absolute Gasteiger partial charge is 0.261 e. The number of hydrogen-bond donors (Lipinski definition) is 1. The van der Waals surface area contributed by atoms with Crippen LogP contribution in [0.4, 0.5) is 0 Å². The number of rotatable bonds is 1. The highest BCUT2D eigenvalue weighted by molar-refractivity contribution is 5.60. The Labute approximate surface area is 106 Å². The second-order valence-electron chi connectivity index (χ2n) is 4.45. The Morgan fingerprint density at radius 3 is 2.39 bits per heavy atom. The van der Waals surface area contributed by atoms with Gasteiger partial charge in [0.15, 0.2) is 0 Å². The van der Waals surface area contributed by atoms with Crippen LogP contribution in [0.15, 0.2) is 60.4 Å². The first-order valence-electron chi connectivity index (χ1n) is 5.95. The van der Waals surface area contributed by atoms with E-state index in [9.17, 15) is 5.11 Å². The zero-order valence-electron chi connectivity index (χ0n) is 10.1. The summed E-state index contributed by atoms with van der Waals surface area (Å²) in [5.41, 5.74) is 2.51. The van der Waals surface area contributed by atoms with Gasteiger partial charge in [0.05, 0.1) is 5.76 Å². The van der Waals surface area contributed by atoms with E-state index in [2.05, 4.69) is 0 Å². The summed E-state index contributed by atoms with van der Waals surface area (Å²) in [5, 5.41) is 10.9. The van der Waals surface area contributed by atoms with Crippen molar-refractivity contribution in [3.05, 3.63) is 77.0 Å². The van der Waals surface area contributed by atoms with Crippen molar-refractivity contribution in [2.75, 3.05) is 0 Å². The molecule has 0 saturated heterocycles. The Kier molecular flexibility index (Phi) is 2.46. The van der Waals surface area contributed by atoms with Crippen molar-refractivity contribution in [1.82, 2.24) is 0 Å². The minimum Gasteiger partial charge on any atom is -0.458 e. The zero-order valence-corrected chi connectivity index (χ0v) is 10.1. The number of ether oxygens (including phenoxy) is 1. The predicted molar refractivity (Wildman–Crippen MR) is 70.6 cm³/mol. The van der Waals surface area contributed by atoms with Crippen LogP contribution in [0.25, 0.3) is 6.08 Å². The average molecular weight is 238 g/mol. The Bertz CT molecular complexity index is 602. The van der Waals surface area contributed by atoms with Crippen LogP contribution in [-0.2, 0) is 10.5 Å². The number of allylic oxidation sites excluding steroid dienone is 1. The molecule has 90 valence electrons. The molecule has 3 rings (SSSR count). The highest BCUT2D eigenvalue weighted by Crippen LogP contribution is 2.39. The molecule has 2 heteroatoms. The van der Waals surface area contributed by atoms with E-state index in [1.54, 1.807) is 0 Å². The van der Waals surface area contributed by atoms with Gasteiger partial charge in [-0.3, -0.25) is 0 Å². The van der Waals surface area contributed by atoms with Crippen LogP contribution in [0.3, 0.4) is 0 Å².